The Bertz CT molecular complexity index is 582. The fourth-order valence-corrected chi connectivity index (χ4v) is 3.95. The van der Waals surface area contributed by atoms with Crippen LogP contribution in [0.2, 0.25) is 0 Å². The van der Waals surface area contributed by atoms with Gasteiger partial charge in [-0.15, -0.1) is 24.0 Å². The van der Waals surface area contributed by atoms with E-state index >= 15 is 0 Å². The van der Waals surface area contributed by atoms with Gasteiger partial charge in [-0.3, -0.25) is 10.1 Å². The van der Waals surface area contributed by atoms with Crippen LogP contribution >= 0.6 is 24.0 Å². The number of piperidine rings is 1. The van der Waals surface area contributed by atoms with Crippen molar-refractivity contribution in [3.8, 4) is 0 Å². The van der Waals surface area contributed by atoms with E-state index in [9.17, 15) is 0 Å². The minimum Gasteiger partial charge on any atom is -0.378 e. The molecule has 8 heteroatoms. The smallest absolute Gasteiger partial charge is 0.193 e. The van der Waals surface area contributed by atoms with E-state index in [1.165, 1.54) is 0 Å². The molecule has 2 aliphatic rings. The van der Waals surface area contributed by atoms with E-state index in [0.717, 1.165) is 44.1 Å². The lowest BCUT2D eigenvalue weighted by Gasteiger charge is -2.59. The molecule has 142 valence electrons. The molecule has 1 aromatic rings. The van der Waals surface area contributed by atoms with E-state index < -0.39 is 0 Å². The molecule has 2 heterocycles. The Morgan fingerprint density at radius 1 is 1.36 bits per heavy atom. The number of nitrogens with one attached hydrogen (secondary N) is 2. The number of halogens is 1. The summed E-state index contributed by atoms with van der Waals surface area (Å²) in [6.07, 6.45) is 4.73. The van der Waals surface area contributed by atoms with Crippen LogP contribution in [-0.2, 0) is 4.74 Å². The first kappa shape index (κ1) is 20.4. The SMILES string of the molecule is CN=C(NC1CC(C)(OC)C1(C)C)N1CCC(c2ncn[nH]2)CC1.I. The van der Waals surface area contributed by atoms with E-state index in [1.807, 2.05) is 7.05 Å². The number of ether oxygens (including phenoxy) is 1. The lowest BCUT2D eigenvalue weighted by Crippen LogP contribution is -2.69. The first-order valence-electron chi connectivity index (χ1n) is 8.80. The molecule has 25 heavy (non-hydrogen) atoms. The highest BCUT2D eigenvalue weighted by atomic mass is 127. The number of methoxy groups -OCH3 is 1. The minimum absolute atomic E-state index is 0. The molecule has 7 nitrogen and oxygen atoms in total. The van der Waals surface area contributed by atoms with Crippen LogP contribution in [0.1, 0.15) is 51.8 Å². The van der Waals surface area contributed by atoms with Gasteiger partial charge in [-0.1, -0.05) is 13.8 Å². The fourth-order valence-electron chi connectivity index (χ4n) is 3.95. The molecular weight excluding hydrogens is 431 g/mol. The summed E-state index contributed by atoms with van der Waals surface area (Å²) in [4.78, 5) is 11.2. The summed E-state index contributed by atoms with van der Waals surface area (Å²) in [7, 11) is 3.67. The number of rotatable bonds is 3. The molecule has 2 N–H and O–H groups in total. The number of H-pyrrole nitrogens is 1. The van der Waals surface area contributed by atoms with Gasteiger partial charge in [0.1, 0.15) is 12.2 Å². The molecule has 0 radical (unpaired) electrons. The maximum Gasteiger partial charge on any atom is 0.193 e. The Labute approximate surface area is 167 Å². The zero-order valence-corrected chi connectivity index (χ0v) is 18.2. The molecule has 1 aromatic heterocycles. The third-order valence-corrected chi connectivity index (χ3v) is 6.41. The number of aromatic nitrogens is 3. The van der Waals surface area contributed by atoms with Crippen LogP contribution in [0.5, 0.6) is 0 Å². The minimum atomic E-state index is -0.0667. The van der Waals surface area contributed by atoms with Gasteiger partial charge in [-0.2, -0.15) is 5.10 Å². The lowest BCUT2D eigenvalue weighted by atomic mass is 9.56. The summed E-state index contributed by atoms with van der Waals surface area (Å²) in [6.45, 7) is 8.69. The molecule has 0 spiro atoms. The van der Waals surface area contributed by atoms with Gasteiger partial charge >= 0.3 is 0 Å². The van der Waals surface area contributed by atoms with Crippen LogP contribution in [0.3, 0.4) is 0 Å². The fraction of sp³-hybridized carbons (Fsp3) is 0.824. The van der Waals surface area contributed by atoms with Crippen LogP contribution in [-0.4, -0.2) is 64.9 Å². The molecular formula is C17H31IN6O. The molecule has 1 aliphatic heterocycles. The van der Waals surface area contributed by atoms with Crippen LogP contribution in [0.25, 0.3) is 0 Å². The Morgan fingerprint density at radius 3 is 2.52 bits per heavy atom. The van der Waals surface area contributed by atoms with Crippen molar-refractivity contribution in [2.24, 2.45) is 10.4 Å². The Balaban J connectivity index is 0.00000225. The first-order chi connectivity index (χ1) is 11.4. The van der Waals surface area contributed by atoms with Crippen molar-refractivity contribution in [2.75, 3.05) is 27.2 Å². The number of hydrogen-bond acceptors (Lipinski definition) is 4. The topological polar surface area (TPSA) is 78.4 Å². The number of aromatic amines is 1. The zero-order chi connectivity index (χ0) is 17.4. The van der Waals surface area contributed by atoms with Crippen LogP contribution in [0.4, 0.5) is 0 Å². The van der Waals surface area contributed by atoms with Gasteiger partial charge in [0.25, 0.3) is 0 Å². The third-order valence-electron chi connectivity index (χ3n) is 6.41. The molecule has 1 saturated heterocycles. The van der Waals surface area contributed by atoms with Crippen molar-refractivity contribution in [3.05, 3.63) is 12.2 Å². The van der Waals surface area contributed by atoms with Crippen LogP contribution in [0, 0.1) is 5.41 Å². The first-order valence-corrected chi connectivity index (χ1v) is 8.80. The highest BCUT2D eigenvalue weighted by Crippen LogP contribution is 2.51. The molecule has 2 fully saturated rings. The molecule has 0 aromatic carbocycles. The quantitative estimate of drug-likeness (QED) is 0.410. The van der Waals surface area contributed by atoms with E-state index in [-0.39, 0.29) is 35.0 Å². The highest BCUT2D eigenvalue weighted by molar-refractivity contribution is 14.0. The Morgan fingerprint density at radius 2 is 2.04 bits per heavy atom. The van der Waals surface area contributed by atoms with Gasteiger partial charge < -0.3 is 15.0 Å². The summed E-state index contributed by atoms with van der Waals surface area (Å²) in [5, 5.41) is 10.6. The van der Waals surface area contributed by atoms with Gasteiger partial charge in [-0.05, 0) is 26.2 Å². The van der Waals surface area contributed by atoms with Gasteiger partial charge in [0, 0.05) is 44.6 Å². The Hall–Kier alpha value is -0.900. The molecule has 3 rings (SSSR count). The summed E-state index contributed by atoms with van der Waals surface area (Å²) in [6, 6.07) is 0.383. The van der Waals surface area contributed by atoms with Crippen molar-refractivity contribution in [3.63, 3.8) is 0 Å². The maximum atomic E-state index is 5.73. The van der Waals surface area contributed by atoms with Crippen LogP contribution < -0.4 is 5.32 Å². The number of likely N-dealkylation sites (tertiary alicyclic amines) is 1. The standard InChI is InChI=1S/C17H30N6O.HI/c1-16(2)13(10-17(16,3)24-5)21-15(18-4)23-8-6-12(7-9-23)14-19-11-20-22-14;/h11-13H,6-10H2,1-5H3,(H,18,21)(H,19,20,22);1H. The number of aliphatic imine (C=N–C) groups is 1. The summed E-state index contributed by atoms with van der Waals surface area (Å²) < 4.78 is 5.73. The molecule has 1 aliphatic carbocycles. The molecule has 2 unspecified atom stereocenters. The van der Waals surface area contributed by atoms with E-state index in [2.05, 4.69) is 51.2 Å². The predicted molar refractivity (Wildman–Crippen MR) is 109 cm³/mol. The van der Waals surface area contributed by atoms with Crippen molar-refractivity contribution in [1.29, 1.82) is 0 Å². The average Bonchev–Trinajstić information content (AvgIpc) is 3.13. The average molecular weight is 462 g/mol. The monoisotopic (exact) mass is 462 g/mol. The largest absolute Gasteiger partial charge is 0.378 e. The van der Waals surface area contributed by atoms with Gasteiger partial charge in [0.2, 0.25) is 0 Å². The highest BCUT2D eigenvalue weighted by Gasteiger charge is 2.58. The summed E-state index contributed by atoms with van der Waals surface area (Å²) >= 11 is 0. The molecule has 0 bridgehead atoms. The Kier molecular flexibility index (Phi) is 6.35. The van der Waals surface area contributed by atoms with Gasteiger partial charge in [-0.25, -0.2) is 4.98 Å². The van der Waals surface area contributed by atoms with Crippen molar-refractivity contribution in [1.82, 2.24) is 25.4 Å². The number of guanidine groups is 1. The maximum absolute atomic E-state index is 5.73. The number of nitrogens with zero attached hydrogens (tertiary/aromatic N) is 4. The zero-order valence-electron chi connectivity index (χ0n) is 15.9. The normalized spacial score (nSPS) is 29.7. The predicted octanol–water partition coefficient (Wildman–Crippen LogP) is 2.38. The second-order valence-corrected chi connectivity index (χ2v) is 7.74. The third kappa shape index (κ3) is 3.65. The van der Waals surface area contributed by atoms with Crippen LogP contribution in [0.15, 0.2) is 11.3 Å². The van der Waals surface area contributed by atoms with E-state index in [1.54, 1.807) is 13.4 Å². The summed E-state index contributed by atoms with van der Waals surface area (Å²) in [5.74, 6) is 2.48. The molecule has 2 atom stereocenters. The van der Waals surface area contributed by atoms with Crippen molar-refractivity contribution in [2.45, 2.75) is 57.6 Å². The molecule has 0 amide bonds. The van der Waals surface area contributed by atoms with Crippen molar-refractivity contribution >= 4 is 29.9 Å². The van der Waals surface area contributed by atoms with E-state index in [4.69, 9.17) is 4.74 Å². The van der Waals surface area contributed by atoms with Gasteiger partial charge in [0.15, 0.2) is 5.96 Å². The second-order valence-electron chi connectivity index (χ2n) is 7.74. The summed E-state index contributed by atoms with van der Waals surface area (Å²) in [5.41, 5.74) is 0.0125. The van der Waals surface area contributed by atoms with Gasteiger partial charge in [0.05, 0.1) is 5.60 Å². The second kappa shape index (κ2) is 7.77. The number of hydrogen-bond donors (Lipinski definition) is 2. The van der Waals surface area contributed by atoms with E-state index in [0.29, 0.717) is 12.0 Å². The van der Waals surface area contributed by atoms with Crippen molar-refractivity contribution < 1.29 is 4.74 Å². The lowest BCUT2D eigenvalue weighted by molar-refractivity contribution is -0.177. The molecule has 1 saturated carbocycles.